The highest BCUT2D eigenvalue weighted by molar-refractivity contribution is 4.96. The van der Waals surface area contributed by atoms with Gasteiger partial charge in [0.1, 0.15) is 0 Å². The van der Waals surface area contributed by atoms with E-state index in [1.807, 2.05) is 0 Å². The first-order valence-electron chi connectivity index (χ1n) is 6.71. The third-order valence-corrected chi connectivity index (χ3v) is 4.47. The first-order chi connectivity index (χ1) is 7.84. The molecule has 0 spiro atoms. The predicted molar refractivity (Wildman–Crippen MR) is 63.4 cm³/mol. The summed E-state index contributed by atoms with van der Waals surface area (Å²) in [5, 5.41) is 13.3. The Hall–Kier alpha value is -0.160. The SMILES string of the molecule is OC1CCCC1N1CC(N2CCNCC2)C1. The van der Waals surface area contributed by atoms with Crippen molar-refractivity contribution in [1.82, 2.24) is 15.1 Å². The van der Waals surface area contributed by atoms with Crippen molar-refractivity contribution in [3.05, 3.63) is 0 Å². The van der Waals surface area contributed by atoms with Crippen LogP contribution in [0.3, 0.4) is 0 Å². The van der Waals surface area contributed by atoms with Crippen molar-refractivity contribution >= 4 is 0 Å². The number of nitrogens with zero attached hydrogens (tertiary/aromatic N) is 2. The Balaban J connectivity index is 1.46. The summed E-state index contributed by atoms with van der Waals surface area (Å²) in [5.41, 5.74) is 0. The van der Waals surface area contributed by atoms with Gasteiger partial charge in [0.25, 0.3) is 0 Å². The Labute approximate surface area is 97.6 Å². The van der Waals surface area contributed by atoms with Crippen LogP contribution in [0.25, 0.3) is 0 Å². The molecule has 2 N–H and O–H groups in total. The molecule has 0 amide bonds. The average Bonchev–Trinajstić information content (AvgIpc) is 2.65. The summed E-state index contributed by atoms with van der Waals surface area (Å²) in [7, 11) is 0. The van der Waals surface area contributed by atoms with Gasteiger partial charge in [-0.25, -0.2) is 0 Å². The fraction of sp³-hybridized carbons (Fsp3) is 1.00. The Morgan fingerprint density at radius 2 is 1.75 bits per heavy atom. The summed E-state index contributed by atoms with van der Waals surface area (Å²) in [6.07, 6.45) is 3.37. The van der Waals surface area contributed by atoms with Gasteiger partial charge in [0, 0.05) is 51.4 Å². The highest BCUT2D eigenvalue weighted by Crippen LogP contribution is 2.29. The van der Waals surface area contributed by atoms with E-state index in [0.717, 1.165) is 25.6 Å². The quantitative estimate of drug-likeness (QED) is 0.664. The molecule has 3 fully saturated rings. The van der Waals surface area contributed by atoms with E-state index in [2.05, 4.69) is 15.1 Å². The lowest BCUT2D eigenvalue weighted by molar-refractivity contribution is -0.0310. The van der Waals surface area contributed by atoms with Crippen LogP contribution in [0.1, 0.15) is 19.3 Å². The van der Waals surface area contributed by atoms with Gasteiger partial charge in [-0.3, -0.25) is 9.80 Å². The van der Waals surface area contributed by atoms with Crippen LogP contribution in [0.15, 0.2) is 0 Å². The largest absolute Gasteiger partial charge is 0.391 e. The van der Waals surface area contributed by atoms with Gasteiger partial charge < -0.3 is 10.4 Å². The summed E-state index contributed by atoms with van der Waals surface area (Å²) >= 11 is 0. The number of rotatable bonds is 2. The minimum atomic E-state index is -0.0519. The molecule has 0 bridgehead atoms. The molecule has 4 heteroatoms. The Morgan fingerprint density at radius 3 is 2.38 bits per heavy atom. The van der Waals surface area contributed by atoms with Crippen molar-refractivity contribution in [2.45, 2.75) is 37.5 Å². The topological polar surface area (TPSA) is 38.7 Å². The third kappa shape index (κ3) is 1.99. The van der Waals surface area contributed by atoms with Gasteiger partial charge in [0.2, 0.25) is 0 Å². The Bertz CT molecular complexity index is 236. The van der Waals surface area contributed by atoms with E-state index < -0.39 is 0 Å². The number of aliphatic hydroxyl groups is 1. The normalized spacial score (nSPS) is 38.8. The number of hydrogen-bond donors (Lipinski definition) is 2. The van der Waals surface area contributed by atoms with Crippen LogP contribution >= 0.6 is 0 Å². The number of aliphatic hydroxyl groups excluding tert-OH is 1. The van der Waals surface area contributed by atoms with Crippen molar-refractivity contribution in [2.24, 2.45) is 0 Å². The van der Waals surface area contributed by atoms with Gasteiger partial charge in [0.05, 0.1) is 6.10 Å². The molecule has 2 atom stereocenters. The van der Waals surface area contributed by atoms with Gasteiger partial charge in [-0.15, -0.1) is 0 Å². The van der Waals surface area contributed by atoms with Crippen LogP contribution in [-0.2, 0) is 0 Å². The zero-order valence-electron chi connectivity index (χ0n) is 9.94. The fourth-order valence-corrected chi connectivity index (χ4v) is 3.38. The first kappa shape index (κ1) is 11.0. The number of hydrogen-bond acceptors (Lipinski definition) is 4. The molecule has 16 heavy (non-hydrogen) atoms. The van der Waals surface area contributed by atoms with Crippen LogP contribution in [0.2, 0.25) is 0 Å². The second-order valence-corrected chi connectivity index (χ2v) is 5.46. The van der Waals surface area contributed by atoms with Crippen LogP contribution in [-0.4, -0.2) is 72.4 Å². The second-order valence-electron chi connectivity index (χ2n) is 5.46. The smallest absolute Gasteiger partial charge is 0.0695 e. The zero-order valence-corrected chi connectivity index (χ0v) is 9.94. The summed E-state index contributed by atoms with van der Waals surface area (Å²) in [6, 6.07) is 1.23. The molecule has 2 saturated heterocycles. The zero-order chi connectivity index (χ0) is 11.0. The van der Waals surface area contributed by atoms with Crippen molar-refractivity contribution < 1.29 is 5.11 Å². The minimum Gasteiger partial charge on any atom is -0.391 e. The Kier molecular flexibility index (Phi) is 3.16. The Morgan fingerprint density at radius 1 is 1.00 bits per heavy atom. The minimum absolute atomic E-state index is 0.0519. The predicted octanol–water partition coefficient (Wildman–Crippen LogP) is -0.511. The molecule has 0 aromatic heterocycles. The number of likely N-dealkylation sites (tertiary alicyclic amines) is 1. The van der Waals surface area contributed by atoms with Gasteiger partial charge in [-0.2, -0.15) is 0 Å². The van der Waals surface area contributed by atoms with Gasteiger partial charge >= 0.3 is 0 Å². The van der Waals surface area contributed by atoms with E-state index >= 15 is 0 Å². The average molecular weight is 225 g/mol. The maximum Gasteiger partial charge on any atom is 0.0695 e. The summed E-state index contributed by atoms with van der Waals surface area (Å²) in [4.78, 5) is 5.10. The molecule has 3 rings (SSSR count). The highest BCUT2D eigenvalue weighted by Gasteiger charge is 2.40. The molecule has 1 saturated carbocycles. The molecule has 0 aromatic rings. The van der Waals surface area contributed by atoms with Crippen molar-refractivity contribution in [1.29, 1.82) is 0 Å². The maximum atomic E-state index is 9.86. The highest BCUT2D eigenvalue weighted by atomic mass is 16.3. The number of nitrogens with one attached hydrogen (secondary N) is 1. The molecule has 1 aliphatic carbocycles. The molecular formula is C12H23N3O. The molecule has 0 aromatic carbocycles. The van der Waals surface area contributed by atoms with Crippen LogP contribution in [0, 0.1) is 0 Å². The van der Waals surface area contributed by atoms with Crippen LogP contribution in [0.5, 0.6) is 0 Å². The van der Waals surface area contributed by atoms with Crippen LogP contribution < -0.4 is 5.32 Å². The van der Waals surface area contributed by atoms with Crippen molar-refractivity contribution in [3.8, 4) is 0 Å². The molecule has 3 aliphatic rings. The third-order valence-electron chi connectivity index (χ3n) is 4.47. The molecule has 92 valence electrons. The lowest BCUT2D eigenvalue weighted by atomic mass is 10.0. The van der Waals surface area contributed by atoms with Gasteiger partial charge in [-0.05, 0) is 19.3 Å². The van der Waals surface area contributed by atoms with E-state index in [0.29, 0.717) is 6.04 Å². The fourth-order valence-electron chi connectivity index (χ4n) is 3.38. The van der Waals surface area contributed by atoms with E-state index in [4.69, 9.17) is 0 Å². The van der Waals surface area contributed by atoms with Crippen molar-refractivity contribution in [3.63, 3.8) is 0 Å². The first-order valence-corrected chi connectivity index (χ1v) is 6.71. The lowest BCUT2D eigenvalue weighted by Crippen LogP contribution is -2.65. The molecule has 2 heterocycles. The monoisotopic (exact) mass is 225 g/mol. The van der Waals surface area contributed by atoms with E-state index in [-0.39, 0.29) is 6.10 Å². The summed E-state index contributed by atoms with van der Waals surface area (Å²) < 4.78 is 0. The van der Waals surface area contributed by atoms with E-state index in [1.54, 1.807) is 0 Å². The van der Waals surface area contributed by atoms with Gasteiger partial charge in [-0.1, -0.05) is 0 Å². The molecular weight excluding hydrogens is 202 g/mol. The molecule has 0 radical (unpaired) electrons. The van der Waals surface area contributed by atoms with E-state index in [9.17, 15) is 5.11 Å². The molecule has 2 aliphatic heterocycles. The lowest BCUT2D eigenvalue weighted by Gasteiger charge is -2.49. The van der Waals surface area contributed by atoms with Crippen molar-refractivity contribution in [2.75, 3.05) is 39.3 Å². The molecule has 4 nitrogen and oxygen atoms in total. The van der Waals surface area contributed by atoms with E-state index in [1.165, 1.54) is 39.0 Å². The summed E-state index contributed by atoms with van der Waals surface area (Å²) in [5.74, 6) is 0. The standard InChI is InChI=1S/C12H23N3O/c16-12-3-1-2-11(12)15-8-10(9-15)14-6-4-13-5-7-14/h10-13,16H,1-9H2. The second kappa shape index (κ2) is 4.61. The molecule has 2 unspecified atom stereocenters. The van der Waals surface area contributed by atoms with Crippen LogP contribution in [0.4, 0.5) is 0 Å². The summed E-state index contributed by atoms with van der Waals surface area (Å²) in [6.45, 7) is 7.05. The van der Waals surface area contributed by atoms with Gasteiger partial charge in [0.15, 0.2) is 0 Å². The maximum absolute atomic E-state index is 9.86. The number of piperazine rings is 1.